The number of hydrogen-bond donors (Lipinski definition) is 2. The molecule has 0 atom stereocenters. The zero-order valence-electron chi connectivity index (χ0n) is 31.8. The lowest BCUT2D eigenvalue weighted by Gasteiger charge is -2.14. The summed E-state index contributed by atoms with van der Waals surface area (Å²) in [6.45, 7) is 4.59. The number of hydrogen-bond acceptors (Lipinski definition) is 2. The predicted octanol–water partition coefficient (Wildman–Crippen LogP) is 13.2. The molecule has 0 radical (unpaired) electrons. The van der Waals surface area contributed by atoms with Crippen molar-refractivity contribution in [3.8, 4) is 0 Å². The van der Waals surface area contributed by atoms with Crippen molar-refractivity contribution < 1.29 is 0 Å². The molecule has 0 aliphatic heterocycles. The maximum absolute atomic E-state index is 5.96. The summed E-state index contributed by atoms with van der Waals surface area (Å²) in [6.07, 6.45) is 28.1. The van der Waals surface area contributed by atoms with Crippen LogP contribution in [0.15, 0.2) is 84.9 Å². The third kappa shape index (κ3) is 14.8. The summed E-state index contributed by atoms with van der Waals surface area (Å²) < 4.78 is 0. The molecule has 4 rings (SSSR count). The highest BCUT2D eigenvalue weighted by Crippen LogP contribution is 2.24. The summed E-state index contributed by atoms with van der Waals surface area (Å²) in [5, 5.41) is 0. The molecule has 0 amide bonds. The number of unbranched alkanes of at least 4 members (excludes halogenated alkanes) is 13. The van der Waals surface area contributed by atoms with Gasteiger partial charge in [0.2, 0.25) is 0 Å². The van der Waals surface area contributed by atoms with Crippen LogP contribution in [0.1, 0.15) is 161 Å². The monoisotopic (exact) mass is 673 g/mol. The van der Waals surface area contributed by atoms with Gasteiger partial charge in [-0.3, -0.25) is 0 Å². The SMILES string of the molecule is CCCCCCCCc1cc(CCCCCCc2ccc(Cc3ccc(N)cc3)c(CCCCCCCC)c2)ccc1Cc1ccc(N)cc1. The molecule has 2 heteroatoms. The minimum Gasteiger partial charge on any atom is -0.399 e. The Morgan fingerprint density at radius 1 is 0.320 bits per heavy atom. The van der Waals surface area contributed by atoms with Gasteiger partial charge in [0.15, 0.2) is 0 Å². The molecule has 4 N–H and O–H groups in total. The van der Waals surface area contributed by atoms with E-state index >= 15 is 0 Å². The van der Waals surface area contributed by atoms with E-state index in [0.717, 1.165) is 24.2 Å². The van der Waals surface area contributed by atoms with Crippen LogP contribution in [-0.2, 0) is 38.5 Å². The molecule has 0 heterocycles. The molecule has 0 unspecified atom stereocenters. The minimum absolute atomic E-state index is 0.841. The van der Waals surface area contributed by atoms with Gasteiger partial charge in [-0.2, -0.15) is 0 Å². The average molecular weight is 673 g/mol. The number of anilines is 2. The Bertz CT molecular complexity index is 1370. The van der Waals surface area contributed by atoms with Crippen LogP contribution >= 0.6 is 0 Å². The zero-order chi connectivity index (χ0) is 35.2. The van der Waals surface area contributed by atoms with E-state index in [-0.39, 0.29) is 0 Å². The van der Waals surface area contributed by atoms with E-state index in [9.17, 15) is 0 Å². The second-order valence-corrected chi connectivity index (χ2v) is 15.0. The summed E-state index contributed by atoms with van der Waals surface area (Å²) in [5.74, 6) is 0. The normalized spacial score (nSPS) is 11.3. The Labute approximate surface area is 306 Å². The van der Waals surface area contributed by atoms with Gasteiger partial charge < -0.3 is 11.5 Å². The van der Waals surface area contributed by atoms with Crippen molar-refractivity contribution in [2.45, 2.75) is 155 Å². The fourth-order valence-corrected chi connectivity index (χ4v) is 7.39. The lowest BCUT2D eigenvalue weighted by atomic mass is 9.92. The van der Waals surface area contributed by atoms with E-state index in [1.807, 2.05) is 24.3 Å². The van der Waals surface area contributed by atoms with Crippen LogP contribution in [0.25, 0.3) is 0 Å². The second-order valence-electron chi connectivity index (χ2n) is 15.0. The third-order valence-electron chi connectivity index (χ3n) is 10.6. The highest BCUT2D eigenvalue weighted by atomic mass is 14.5. The minimum atomic E-state index is 0.841. The molecule has 2 nitrogen and oxygen atoms in total. The number of nitrogen functional groups attached to an aromatic ring is 2. The lowest BCUT2D eigenvalue weighted by Crippen LogP contribution is -2.00. The Balaban J connectivity index is 1.27. The standard InChI is InChI=1S/C48H68N2/c1-3-5-7-9-11-17-21-43-35-39(23-29-45(43)37-41-25-31-47(49)32-26-41)19-15-13-14-16-20-40-24-30-46(38-42-27-33-48(50)34-28-42)44(36-40)22-18-12-10-8-6-4-2/h23-36H,3-22,37-38,49-50H2,1-2H3. The van der Waals surface area contributed by atoms with Crippen LogP contribution in [0.3, 0.4) is 0 Å². The molecule has 50 heavy (non-hydrogen) atoms. The molecule has 270 valence electrons. The quantitative estimate of drug-likeness (QED) is 0.0544. The molecule has 0 aliphatic rings. The maximum Gasteiger partial charge on any atom is 0.0314 e. The highest BCUT2D eigenvalue weighted by Gasteiger charge is 2.09. The van der Waals surface area contributed by atoms with E-state index in [0.29, 0.717) is 0 Å². The average Bonchev–Trinajstić information content (AvgIpc) is 3.13. The highest BCUT2D eigenvalue weighted by molar-refractivity contribution is 5.43. The van der Waals surface area contributed by atoms with Gasteiger partial charge in [-0.1, -0.05) is 152 Å². The Kier molecular flexibility index (Phi) is 18.1. The van der Waals surface area contributed by atoms with Gasteiger partial charge in [-0.25, -0.2) is 0 Å². The second kappa shape index (κ2) is 23.0. The van der Waals surface area contributed by atoms with Crippen molar-refractivity contribution in [3.05, 3.63) is 129 Å². The van der Waals surface area contributed by atoms with Crippen LogP contribution in [0.5, 0.6) is 0 Å². The first-order chi connectivity index (χ1) is 24.5. The van der Waals surface area contributed by atoms with Crippen LogP contribution in [-0.4, -0.2) is 0 Å². The molecular weight excluding hydrogens is 605 g/mol. The summed E-state index contributed by atoms with van der Waals surface area (Å²) in [6, 6.07) is 31.6. The maximum atomic E-state index is 5.96. The zero-order valence-corrected chi connectivity index (χ0v) is 31.8. The van der Waals surface area contributed by atoms with Gasteiger partial charge in [0.1, 0.15) is 0 Å². The molecular formula is C48H68N2. The van der Waals surface area contributed by atoms with Crippen LogP contribution in [0.4, 0.5) is 11.4 Å². The van der Waals surface area contributed by atoms with Gasteiger partial charge in [0, 0.05) is 11.4 Å². The van der Waals surface area contributed by atoms with Gasteiger partial charge in [0.05, 0.1) is 0 Å². The van der Waals surface area contributed by atoms with E-state index < -0.39 is 0 Å². The predicted molar refractivity (Wildman–Crippen MR) is 220 cm³/mol. The van der Waals surface area contributed by atoms with E-state index in [4.69, 9.17) is 11.5 Å². The van der Waals surface area contributed by atoms with Crippen molar-refractivity contribution in [2.75, 3.05) is 11.5 Å². The van der Waals surface area contributed by atoms with Crippen molar-refractivity contribution in [1.82, 2.24) is 0 Å². The van der Waals surface area contributed by atoms with Crippen LogP contribution in [0, 0.1) is 0 Å². The largest absolute Gasteiger partial charge is 0.399 e. The number of aryl methyl sites for hydroxylation is 4. The fraction of sp³-hybridized carbons (Fsp3) is 0.500. The van der Waals surface area contributed by atoms with Crippen molar-refractivity contribution in [2.24, 2.45) is 0 Å². The smallest absolute Gasteiger partial charge is 0.0314 e. The van der Waals surface area contributed by atoms with Crippen molar-refractivity contribution in [1.29, 1.82) is 0 Å². The van der Waals surface area contributed by atoms with Gasteiger partial charge >= 0.3 is 0 Å². The molecule has 0 aliphatic carbocycles. The fourth-order valence-electron chi connectivity index (χ4n) is 7.39. The van der Waals surface area contributed by atoms with Gasteiger partial charge in [-0.05, 0) is 133 Å². The number of benzene rings is 4. The topological polar surface area (TPSA) is 52.0 Å². The molecule has 0 aromatic heterocycles. The lowest BCUT2D eigenvalue weighted by molar-refractivity contribution is 0.606. The number of rotatable bonds is 25. The van der Waals surface area contributed by atoms with E-state index in [1.54, 1.807) is 11.1 Å². The molecule has 4 aromatic carbocycles. The summed E-state index contributed by atoms with van der Waals surface area (Å²) in [4.78, 5) is 0. The Hall–Kier alpha value is -3.52. The van der Waals surface area contributed by atoms with Crippen molar-refractivity contribution >= 4 is 11.4 Å². The molecule has 4 aromatic rings. The first kappa shape index (κ1) is 39.3. The van der Waals surface area contributed by atoms with Crippen LogP contribution in [0.2, 0.25) is 0 Å². The summed E-state index contributed by atoms with van der Waals surface area (Å²) >= 11 is 0. The molecule has 0 saturated heterocycles. The Morgan fingerprint density at radius 2 is 0.640 bits per heavy atom. The first-order valence-corrected chi connectivity index (χ1v) is 20.4. The molecule has 0 saturated carbocycles. The van der Waals surface area contributed by atoms with E-state index in [2.05, 4.69) is 74.5 Å². The van der Waals surface area contributed by atoms with Crippen molar-refractivity contribution in [3.63, 3.8) is 0 Å². The van der Waals surface area contributed by atoms with E-state index in [1.165, 1.54) is 162 Å². The number of nitrogens with two attached hydrogens (primary N) is 2. The third-order valence-corrected chi connectivity index (χ3v) is 10.6. The molecule has 0 bridgehead atoms. The Morgan fingerprint density at radius 3 is 1.02 bits per heavy atom. The molecule has 0 spiro atoms. The van der Waals surface area contributed by atoms with Crippen LogP contribution < -0.4 is 11.5 Å². The summed E-state index contributed by atoms with van der Waals surface area (Å²) in [5.41, 5.74) is 25.4. The summed E-state index contributed by atoms with van der Waals surface area (Å²) in [7, 11) is 0. The molecule has 0 fully saturated rings. The van der Waals surface area contributed by atoms with Gasteiger partial charge in [-0.15, -0.1) is 0 Å². The first-order valence-electron chi connectivity index (χ1n) is 20.4. The van der Waals surface area contributed by atoms with Gasteiger partial charge in [0.25, 0.3) is 0 Å².